The molecule has 1 heterocycles. The van der Waals surface area contributed by atoms with E-state index < -0.39 is 10.0 Å². The summed E-state index contributed by atoms with van der Waals surface area (Å²) in [6, 6.07) is 13.7. The molecular formula is C23H30ClN5O2S. The molecule has 1 aromatic heterocycles. The number of aryl methyl sites for hydroxylation is 1. The van der Waals surface area contributed by atoms with Gasteiger partial charge in [-0.25, -0.2) is 8.42 Å². The molecule has 3 aromatic rings. The van der Waals surface area contributed by atoms with E-state index in [1.807, 2.05) is 32.5 Å². The number of nitrogens with zero attached hydrogens (tertiary/aromatic N) is 5. The second-order valence-electron chi connectivity index (χ2n) is 7.93. The maximum atomic E-state index is 13.7. The molecule has 0 N–H and O–H groups in total. The van der Waals surface area contributed by atoms with Crippen LogP contribution in [-0.4, -0.2) is 55.3 Å². The van der Waals surface area contributed by atoms with Crippen LogP contribution >= 0.6 is 11.6 Å². The predicted octanol–water partition coefficient (Wildman–Crippen LogP) is 4.46. The Hall–Kier alpha value is -2.42. The molecule has 0 unspecified atom stereocenters. The Morgan fingerprint density at radius 3 is 2.41 bits per heavy atom. The fourth-order valence-electron chi connectivity index (χ4n) is 3.44. The fourth-order valence-corrected chi connectivity index (χ4v) is 5.16. The maximum absolute atomic E-state index is 13.7. The van der Waals surface area contributed by atoms with Gasteiger partial charge < -0.3 is 9.47 Å². The van der Waals surface area contributed by atoms with Crippen molar-refractivity contribution in [1.82, 2.24) is 19.7 Å². The monoisotopic (exact) mass is 475 g/mol. The van der Waals surface area contributed by atoms with E-state index in [-0.39, 0.29) is 4.90 Å². The zero-order chi connectivity index (χ0) is 23.3. The van der Waals surface area contributed by atoms with Crippen LogP contribution in [0.25, 0.3) is 11.4 Å². The van der Waals surface area contributed by atoms with Gasteiger partial charge in [0.15, 0.2) is 5.82 Å². The smallest absolute Gasteiger partial charge is 0.264 e. The molecule has 0 aliphatic carbocycles. The predicted molar refractivity (Wildman–Crippen MR) is 130 cm³/mol. The molecule has 0 fully saturated rings. The van der Waals surface area contributed by atoms with Gasteiger partial charge in [-0.15, -0.1) is 10.2 Å². The average molecular weight is 476 g/mol. The van der Waals surface area contributed by atoms with Gasteiger partial charge in [-0.3, -0.25) is 4.31 Å². The second-order valence-corrected chi connectivity index (χ2v) is 10.2. The van der Waals surface area contributed by atoms with E-state index in [2.05, 4.69) is 15.1 Å². The van der Waals surface area contributed by atoms with Gasteiger partial charge in [-0.2, -0.15) is 0 Å². The summed E-state index contributed by atoms with van der Waals surface area (Å²) in [7, 11) is 0.229. The van der Waals surface area contributed by atoms with Gasteiger partial charge in [0.05, 0.1) is 10.6 Å². The van der Waals surface area contributed by atoms with Crippen molar-refractivity contribution in [3.8, 4) is 11.4 Å². The topological polar surface area (TPSA) is 71.3 Å². The van der Waals surface area contributed by atoms with Crippen molar-refractivity contribution in [2.24, 2.45) is 0 Å². The quantitative estimate of drug-likeness (QED) is 0.432. The van der Waals surface area contributed by atoms with E-state index in [4.69, 9.17) is 11.6 Å². The molecule has 0 saturated heterocycles. The minimum atomic E-state index is -3.78. The maximum Gasteiger partial charge on any atom is 0.264 e. The van der Waals surface area contributed by atoms with Crippen molar-refractivity contribution in [2.45, 2.75) is 38.1 Å². The Labute approximate surface area is 195 Å². The number of likely N-dealkylation sites (N-methyl/N-ethyl adjacent to an activating group) is 1. The molecule has 0 radical (unpaired) electrons. The number of unbranched alkanes of at least 4 members (excludes halogenated alkanes) is 1. The van der Waals surface area contributed by atoms with Crippen molar-refractivity contribution >= 4 is 27.3 Å². The van der Waals surface area contributed by atoms with E-state index in [0.29, 0.717) is 35.2 Å². The lowest BCUT2D eigenvalue weighted by Gasteiger charge is -2.27. The molecule has 7 nitrogen and oxygen atoms in total. The molecule has 0 bridgehead atoms. The van der Waals surface area contributed by atoms with Crippen LogP contribution in [0, 0.1) is 6.92 Å². The Bertz CT molecular complexity index is 1150. The highest BCUT2D eigenvalue weighted by Gasteiger charge is 2.28. The van der Waals surface area contributed by atoms with Crippen LogP contribution in [0.3, 0.4) is 0 Å². The lowest BCUT2D eigenvalue weighted by Crippen LogP contribution is -2.32. The Morgan fingerprint density at radius 1 is 1.03 bits per heavy atom. The molecule has 0 saturated carbocycles. The average Bonchev–Trinajstić information content (AvgIpc) is 3.14. The van der Waals surface area contributed by atoms with Gasteiger partial charge in [0.25, 0.3) is 10.0 Å². The van der Waals surface area contributed by atoms with Crippen LogP contribution < -0.4 is 4.31 Å². The zero-order valence-corrected chi connectivity index (χ0v) is 20.6. The molecule has 32 heavy (non-hydrogen) atoms. The van der Waals surface area contributed by atoms with Crippen molar-refractivity contribution < 1.29 is 8.42 Å². The summed E-state index contributed by atoms with van der Waals surface area (Å²) >= 11 is 6.36. The Morgan fingerprint density at radius 2 is 1.75 bits per heavy atom. The standard InChI is InChI=1S/C23H30ClN5O2S/c1-5-6-14-29(32(30,31)20-10-8-7-9-11-20)22-13-12-19(24)17-21(22)23-26-25-18(2)28(23)16-15-27(3)4/h7-13,17H,5-6,14-16H2,1-4H3. The first-order valence-electron chi connectivity index (χ1n) is 10.7. The number of rotatable bonds is 10. The summed E-state index contributed by atoms with van der Waals surface area (Å²) in [4.78, 5) is 2.33. The van der Waals surface area contributed by atoms with Gasteiger partial charge in [-0.1, -0.05) is 43.1 Å². The number of hydrogen-bond donors (Lipinski definition) is 0. The van der Waals surface area contributed by atoms with Crippen molar-refractivity contribution in [2.75, 3.05) is 31.5 Å². The summed E-state index contributed by atoms with van der Waals surface area (Å²) in [5, 5.41) is 9.17. The van der Waals surface area contributed by atoms with E-state index in [9.17, 15) is 8.42 Å². The first-order valence-corrected chi connectivity index (χ1v) is 12.5. The highest BCUT2D eigenvalue weighted by atomic mass is 35.5. The van der Waals surface area contributed by atoms with E-state index in [0.717, 1.165) is 25.2 Å². The normalized spacial score (nSPS) is 11.8. The lowest BCUT2D eigenvalue weighted by molar-refractivity contribution is 0.382. The van der Waals surface area contributed by atoms with Gasteiger partial charge in [-0.05, 0) is 57.8 Å². The fraction of sp³-hybridized carbons (Fsp3) is 0.391. The molecule has 2 aromatic carbocycles. The summed E-state index contributed by atoms with van der Waals surface area (Å²) in [5.74, 6) is 1.37. The molecule has 3 rings (SSSR count). The van der Waals surface area contributed by atoms with Crippen LogP contribution in [0.2, 0.25) is 5.02 Å². The van der Waals surface area contributed by atoms with Crippen molar-refractivity contribution in [3.05, 3.63) is 59.4 Å². The lowest BCUT2D eigenvalue weighted by atomic mass is 10.1. The number of anilines is 1. The summed E-state index contributed by atoms with van der Waals surface area (Å²) in [5.41, 5.74) is 1.19. The Kier molecular flexibility index (Phi) is 7.92. The molecule has 172 valence electrons. The molecule has 0 spiro atoms. The molecule has 9 heteroatoms. The molecular weight excluding hydrogens is 446 g/mol. The Balaban J connectivity index is 2.17. The highest BCUT2D eigenvalue weighted by Crippen LogP contribution is 2.36. The van der Waals surface area contributed by atoms with E-state index in [1.54, 1.807) is 48.5 Å². The van der Waals surface area contributed by atoms with Crippen molar-refractivity contribution in [1.29, 1.82) is 0 Å². The summed E-state index contributed by atoms with van der Waals surface area (Å²) < 4.78 is 30.8. The van der Waals surface area contributed by atoms with Crippen LogP contribution in [0.15, 0.2) is 53.4 Å². The van der Waals surface area contributed by atoms with Gasteiger partial charge >= 0.3 is 0 Å². The van der Waals surface area contributed by atoms with Crippen LogP contribution in [0.1, 0.15) is 25.6 Å². The summed E-state index contributed by atoms with van der Waals surface area (Å²) in [6.45, 7) is 5.76. The molecule has 0 atom stereocenters. The zero-order valence-electron chi connectivity index (χ0n) is 19.0. The third-order valence-electron chi connectivity index (χ3n) is 5.22. The highest BCUT2D eigenvalue weighted by molar-refractivity contribution is 7.92. The van der Waals surface area contributed by atoms with Gasteiger partial charge in [0.2, 0.25) is 0 Å². The van der Waals surface area contributed by atoms with Crippen LogP contribution in [-0.2, 0) is 16.6 Å². The number of benzene rings is 2. The van der Waals surface area contributed by atoms with E-state index >= 15 is 0 Å². The number of sulfonamides is 1. The van der Waals surface area contributed by atoms with Gasteiger partial charge in [0, 0.05) is 30.2 Å². The van der Waals surface area contributed by atoms with E-state index in [1.165, 1.54) is 4.31 Å². The SMILES string of the molecule is CCCCN(c1ccc(Cl)cc1-c1nnc(C)n1CCN(C)C)S(=O)(=O)c1ccccc1. The third-order valence-corrected chi connectivity index (χ3v) is 7.28. The first kappa shape index (κ1) is 24.2. The second kappa shape index (κ2) is 10.5. The number of aromatic nitrogens is 3. The van der Waals surface area contributed by atoms with Crippen LogP contribution in [0.4, 0.5) is 5.69 Å². The molecule has 0 aliphatic rings. The molecule has 0 amide bonds. The first-order chi connectivity index (χ1) is 15.3. The largest absolute Gasteiger partial charge is 0.310 e. The van der Waals surface area contributed by atoms with Crippen LogP contribution in [0.5, 0.6) is 0 Å². The minimum absolute atomic E-state index is 0.252. The third kappa shape index (κ3) is 5.31. The molecule has 0 aliphatic heterocycles. The minimum Gasteiger partial charge on any atom is -0.310 e. The number of halogens is 1. The summed E-state index contributed by atoms with van der Waals surface area (Å²) in [6.07, 6.45) is 1.59. The number of hydrogen-bond acceptors (Lipinski definition) is 5. The van der Waals surface area contributed by atoms with Crippen molar-refractivity contribution in [3.63, 3.8) is 0 Å². The van der Waals surface area contributed by atoms with Gasteiger partial charge in [0.1, 0.15) is 5.82 Å².